The Bertz CT molecular complexity index is 417. The Hall–Kier alpha value is -1.14. The van der Waals surface area contributed by atoms with Crippen LogP contribution in [0.4, 0.5) is 0 Å². The molecule has 2 saturated heterocycles. The number of likely N-dealkylation sites (tertiary alicyclic amines) is 2. The number of nitrogens with one attached hydrogen (secondary N) is 1. The van der Waals surface area contributed by atoms with Crippen LogP contribution in [0.15, 0.2) is 0 Å². The minimum Gasteiger partial charge on any atom is -0.480 e. The van der Waals surface area contributed by atoms with Gasteiger partial charge in [-0.1, -0.05) is 0 Å². The van der Waals surface area contributed by atoms with Gasteiger partial charge < -0.3 is 10.4 Å². The maximum absolute atomic E-state index is 12.2. The van der Waals surface area contributed by atoms with Gasteiger partial charge in [-0.25, -0.2) is 0 Å². The molecular weight excluding hydrogens is 282 g/mol. The zero-order valence-electron chi connectivity index (χ0n) is 13.2. The third-order valence-corrected chi connectivity index (χ3v) is 5.18. The summed E-state index contributed by atoms with van der Waals surface area (Å²) in [6.07, 6.45) is 6.42. The number of carbonyl (C=O) groups excluding carboxylic acids is 1. The molecule has 0 spiro atoms. The van der Waals surface area contributed by atoms with Crippen molar-refractivity contribution in [2.75, 3.05) is 32.7 Å². The normalized spacial score (nSPS) is 28.5. The zero-order valence-corrected chi connectivity index (χ0v) is 13.2. The van der Waals surface area contributed by atoms with E-state index in [0.29, 0.717) is 12.1 Å². The van der Waals surface area contributed by atoms with Crippen LogP contribution in [0.1, 0.15) is 38.5 Å². The van der Waals surface area contributed by atoms with E-state index in [1.807, 2.05) is 4.90 Å². The van der Waals surface area contributed by atoms with E-state index in [-0.39, 0.29) is 18.4 Å². The fourth-order valence-electron chi connectivity index (χ4n) is 3.73. The molecule has 22 heavy (non-hydrogen) atoms. The zero-order chi connectivity index (χ0) is 15.5. The fraction of sp³-hybridized carbons (Fsp3) is 0.875. The maximum Gasteiger partial charge on any atom is 0.317 e. The van der Waals surface area contributed by atoms with Crippen LogP contribution < -0.4 is 5.32 Å². The second-order valence-corrected chi connectivity index (χ2v) is 7.02. The third kappa shape index (κ3) is 4.20. The largest absolute Gasteiger partial charge is 0.480 e. The van der Waals surface area contributed by atoms with Crippen LogP contribution in [0.5, 0.6) is 0 Å². The van der Waals surface area contributed by atoms with Crippen molar-refractivity contribution < 1.29 is 14.7 Å². The van der Waals surface area contributed by atoms with Crippen molar-refractivity contribution in [2.45, 2.75) is 50.6 Å². The van der Waals surface area contributed by atoms with Gasteiger partial charge in [-0.05, 0) is 45.1 Å². The second-order valence-electron chi connectivity index (χ2n) is 7.02. The first kappa shape index (κ1) is 15.7. The molecule has 0 aromatic carbocycles. The van der Waals surface area contributed by atoms with Crippen molar-refractivity contribution in [2.24, 2.45) is 5.92 Å². The van der Waals surface area contributed by atoms with Crippen molar-refractivity contribution in [3.05, 3.63) is 0 Å². The first-order valence-corrected chi connectivity index (χ1v) is 8.60. The lowest BCUT2D eigenvalue weighted by molar-refractivity contribution is -0.139. The van der Waals surface area contributed by atoms with Gasteiger partial charge in [0.1, 0.15) is 0 Å². The molecule has 3 rings (SSSR count). The molecule has 1 amide bonds. The Morgan fingerprint density at radius 3 is 2.41 bits per heavy atom. The quantitative estimate of drug-likeness (QED) is 0.775. The number of amides is 1. The molecule has 3 fully saturated rings. The number of nitrogens with zero attached hydrogens (tertiary/aromatic N) is 2. The minimum absolute atomic E-state index is 0.145. The molecule has 0 unspecified atom stereocenters. The molecule has 0 aromatic heterocycles. The highest BCUT2D eigenvalue weighted by Gasteiger charge is 2.33. The van der Waals surface area contributed by atoms with E-state index in [1.165, 1.54) is 0 Å². The topological polar surface area (TPSA) is 72.9 Å². The summed E-state index contributed by atoms with van der Waals surface area (Å²) >= 11 is 0. The van der Waals surface area contributed by atoms with Crippen LogP contribution in [0.25, 0.3) is 0 Å². The van der Waals surface area contributed by atoms with Crippen LogP contribution in [0, 0.1) is 5.92 Å². The Kier molecular flexibility index (Phi) is 4.98. The maximum atomic E-state index is 12.2. The SMILES string of the molecule is O=C(O)CN1CCC(N2CCC[C@H](C(=O)NC3CC3)C2)CC1. The lowest BCUT2D eigenvalue weighted by Crippen LogP contribution is -2.51. The van der Waals surface area contributed by atoms with E-state index >= 15 is 0 Å². The molecule has 6 heteroatoms. The number of hydrogen-bond donors (Lipinski definition) is 2. The van der Waals surface area contributed by atoms with Gasteiger partial charge in [-0.3, -0.25) is 19.4 Å². The van der Waals surface area contributed by atoms with Crippen LogP contribution in [-0.4, -0.2) is 71.6 Å². The minimum atomic E-state index is -0.742. The van der Waals surface area contributed by atoms with Gasteiger partial charge in [0.25, 0.3) is 0 Å². The molecule has 0 radical (unpaired) electrons. The molecule has 0 aromatic rings. The molecule has 1 saturated carbocycles. The lowest BCUT2D eigenvalue weighted by Gasteiger charge is -2.41. The molecule has 2 N–H and O–H groups in total. The summed E-state index contributed by atoms with van der Waals surface area (Å²) in [6.45, 7) is 3.82. The summed E-state index contributed by atoms with van der Waals surface area (Å²) in [4.78, 5) is 27.5. The number of aliphatic carboxylic acids is 1. The summed E-state index contributed by atoms with van der Waals surface area (Å²) in [5.41, 5.74) is 0. The predicted octanol–water partition coefficient (Wildman–Crippen LogP) is 0.526. The molecule has 124 valence electrons. The van der Waals surface area contributed by atoms with Crippen molar-refractivity contribution in [3.8, 4) is 0 Å². The predicted molar refractivity (Wildman–Crippen MR) is 82.6 cm³/mol. The van der Waals surface area contributed by atoms with Gasteiger partial charge in [0.15, 0.2) is 0 Å². The molecule has 6 nitrogen and oxygen atoms in total. The van der Waals surface area contributed by atoms with E-state index in [9.17, 15) is 9.59 Å². The van der Waals surface area contributed by atoms with Crippen LogP contribution in [0.2, 0.25) is 0 Å². The molecule has 0 bridgehead atoms. The average molecular weight is 309 g/mol. The van der Waals surface area contributed by atoms with Crippen LogP contribution >= 0.6 is 0 Å². The van der Waals surface area contributed by atoms with E-state index in [2.05, 4.69) is 10.2 Å². The van der Waals surface area contributed by atoms with Gasteiger partial charge in [0, 0.05) is 31.7 Å². The first-order chi connectivity index (χ1) is 10.6. The Morgan fingerprint density at radius 1 is 1.05 bits per heavy atom. The lowest BCUT2D eigenvalue weighted by atomic mass is 9.93. The third-order valence-electron chi connectivity index (χ3n) is 5.18. The summed E-state index contributed by atoms with van der Waals surface area (Å²) < 4.78 is 0. The number of carboxylic acids is 1. The fourth-order valence-corrected chi connectivity index (χ4v) is 3.73. The highest BCUT2D eigenvalue weighted by Crippen LogP contribution is 2.25. The van der Waals surface area contributed by atoms with E-state index in [0.717, 1.165) is 64.7 Å². The highest BCUT2D eigenvalue weighted by atomic mass is 16.4. The van der Waals surface area contributed by atoms with Gasteiger partial charge in [-0.15, -0.1) is 0 Å². The first-order valence-electron chi connectivity index (χ1n) is 8.60. The Morgan fingerprint density at radius 2 is 1.77 bits per heavy atom. The molecule has 1 aliphatic carbocycles. The van der Waals surface area contributed by atoms with Crippen molar-refractivity contribution >= 4 is 11.9 Å². The number of rotatable bonds is 5. The summed E-state index contributed by atoms with van der Waals surface area (Å²) in [5.74, 6) is -0.352. The number of piperidine rings is 2. The molecule has 2 heterocycles. The van der Waals surface area contributed by atoms with E-state index < -0.39 is 5.97 Å². The van der Waals surface area contributed by atoms with Crippen molar-refractivity contribution in [3.63, 3.8) is 0 Å². The van der Waals surface area contributed by atoms with E-state index in [1.54, 1.807) is 0 Å². The summed E-state index contributed by atoms with van der Waals surface area (Å²) in [6, 6.07) is 0.962. The molecule has 2 aliphatic heterocycles. The van der Waals surface area contributed by atoms with Gasteiger partial charge in [0.2, 0.25) is 5.91 Å². The second kappa shape index (κ2) is 6.96. The van der Waals surface area contributed by atoms with Gasteiger partial charge in [0.05, 0.1) is 12.5 Å². The van der Waals surface area contributed by atoms with Crippen molar-refractivity contribution in [1.29, 1.82) is 0 Å². The van der Waals surface area contributed by atoms with Gasteiger partial charge >= 0.3 is 5.97 Å². The number of hydrogen-bond acceptors (Lipinski definition) is 4. The number of carbonyl (C=O) groups is 2. The Balaban J connectivity index is 1.45. The average Bonchev–Trinajstić information content (AvgIpc) is 3.31. The summed E-state index contributed by atoms with van der Waals surface area (Å²) in [7, 11) is 0. The highest BCUT2D eigenvalue weighted by molar-refractivity contribution is 5.79. The molecule has 3 aliphatic rings. The van der Waals surface area contributed by atoms with E-state index in [4.69, 9.17) is 5.11 Å². The van der Waals surface area contributed by atoms with Crippen LogP contribution in [-0.2, 0) is 9.59 Å². The molecular formula is C16H27N3O3. The van der Waals surface area contributed by atoms with Crippen molar-refractivity contribution in [1.82, 2.24) is 15.1 Å². The smallest absolute Gasteiger partial charge is 0.317 e. The standard InChI is InChI=1S/C16H27N3O3/c20-15(21)11-18-8-5-14(6-9-18)19-7-1-2-12(10-19)16(22)17-13-3-4-13/h12-14H,1-11H2,(H,17,22)(H,20,21)/t12-/m0/s1. The summed E-state index contributed by atoms with van der Waals surface area (Å²) in [5, 5.41) is 12.0. The monoisotopic (exact) mass is 309 g/mol. The number of carboxylic acid groups (broad SMARTS) is 1. The molecule has 1 atom stereocenters. The van der Waals surface area contributed by atoms with Crippen LogP contribution in [0.3, 0.4) is 0 Å². The van der Waals surface area contributed by atoms with Gasteiger partial charge in [-0.2, -0.15) is 0 Å². The Labute approximate surface area is 131 Å².